The van der Waals surface area contributed by atoms with E-state index in [4.69, 9.17) is 5.73 Å². The number of nitrogens with zero attached hydrogens (tertiary/aromatic N) is 3. The molecule has 0 saturated carbocycles. The minimum Gasteiger partial charge on any atom is -0.369 e. The van der Waals surface area contributed by atoms with E-state index in [2.05, 4.69) is 15.3 Å². The highest BCUT2D eigenvalue weighted by Crippen LogP contribution is 2.23. The lowest BCUT2D eigenvalue weighted by Gasteiger charge is -2.15. The van der Waals surface area contributed by atoms with Crippen LogP contribution >= 0.6 is 0 Å². The second-order valence-corrected chi connectivity index (χ2v) is 4.61. The summed E-state index contributed by atoms with van der Waals surface area (Å²) in [5.74, 6) is 0.243. The molecule has 0 aliphatic heterocycles. The number of nitrogens with one attached hydrogen (secondary N) is 1. The van der Waals surface area contributed by atoms with Gasteiger partial charge in [-0.3, -0.25) is 9.36 Å². The van der Waals surface area contributed by atoms with Gasteiger partial charge in [-0.15, -0.1) is 0 Å². The maximum atomic E-state index is 12.0. The van der Waals surface area contributed by atoms with Gasteiger partial charge in [0.15, 0.2) is 5.65 Å². The van der Waals surface area contributed by atoms with Crippen molar-refractivity contribution in [3.8, 4) is 0 Å². The van der Waals surface area contributed by atoms with Gasteiger partial charge in [0.05, 0.1) is 0 Å². The van der Waals surface area contributed by atoms with Crippen LogP contribution in [0, 0.1) is 6.92 Å². The topological polar surface area (TPSA) is 85.8 Å². The number of pyridine rings is 1. The maximum absolute atomic E-state index is 12.0. The summed E-state index contributed by atoms with van der Waals surface area (Å²) in [6, 6.07) is 1.45. The zero-order valence-corrected chi connectivity index (χ0v) is 11.5. The summed E-state index contributed by atoms with van der Waals surface area (Å²) >= 11 is 0. The molecule has 0 fully saturated rings. The third-order valence-electron chi connectivity index (χ3n) is 3.12. The van der Waals surface area contributed by atoms with Gasteiger partial charge in [-0.1, -0.05) is 6.92 Å². The van der Waals surface area contributed by atoms with Crippen LogP contribution in [0.1, 0.15) is 31.9 Å². The Balaban J connectivity index is 2.42. The summed E-state index contributed by atoms with van der Waals surface area (Å²) in [5.41, 5.74) is 8.31. The van der Waals surface area contributed by atoms with Gasteiger partial charge < -0.3 is 11.1 Å². The van der Waals surface area contributed by atoms with Crippen LogP contribution in [0.15, 0.2) is 12.3 Å². The Labute approximate surface area is 112 Å². The Bertz CT molecular complexity index is 604. The van der Waals surface area contributed by atoms with Crippen molar-refractivity contribution in [1.29, 1.82) is 0 Å². The number of aromatic nitrogens is 3. The molecule has 0 aliphatic carbocycles. The number of fused-ring (bicyclic) bond motifs is 1. The van der Waals surface area contributed by atoms with Crippen LogP contribution in [0.25, 0.3) is 11.2 Å². The van der Waals surface area contributed by atoms with E-state index >= 15 is 0 Å². The smallest absolute Gasteiger partial charge is 0.242 e. The molecule has 0 bridgehead atoms. The van der Waals surface area contributed by atoms with Crippen molar-refractivity contribution >= 4 is 23.0 Å². The average molecular weight is 261 g/mol. The highest BCUT2D eigenvalue weighted by Gasteiger charge is 2.21. The summed E-state index contributed by atoms with van der Waals surface area (Å²) < 4.78 is 1.67. The predicted molar refractivity (Wildman–Crippen MR) is 74.7 cm³/mol. The fourth-order valence-electron chi connectivity index (χ4n) is 2.02. The number of rotatable bonds is 4. The van der Waals surface area contributed by atoms with Crippen LogP contribution in [-0.2, 0) is 4.79 Å². The number of carbonyl (C=O) groups excluding carboxylic acids is 1. The van der Waals surface area contributed by atoms with Crippen molar-refractivity contribution in [1.82, 2.24) is 19.9 Å². The molecule has 6 nitrogen and oxygen atoms in total. The van der Waals surface area contributed by atoms with Crippen molar-refractivity contribution < 1.29 is 4.79 Å². The van der Waals surface area contributed by atoms with Crippen molar-refractivity contribution in [2.45, 2.75) is 33.2 Å². The Morgan fingerprint density at radius 3 is 3.00 bits per heavy atom. The molecule has 2 aromatic heterocycles. The van der Waals surface area contributed by atoms with Gasteiger partial charge in [0.2, 0.25) is 11.9 Å². The molecule has 102 valence electrons. The lowest BCUT2D eigenvalue weighted by Crippen LogP contribution is -2.32. The van der Waals surface area contributed by atoms with E-state index in [9.17, 15) is 4.79 Å². The average Bonchev–Trinajstić information content (AvgIpc) is 2.73. The molecule has 19 heavy (non-hydrogen) atoms. The van der Waals surface area contributed by atoms with Crippen LogP contribution in [0.4, 0.5) is 5.95 Å². The van der Waals surface area contributed by atoms with Gasteiger partial charge in [0.1, 0.15) is 11.6 Å². The maximum Gasteiger partial charge on any atom is 0.242 e. The molecule has 0 aliphatic rings. The zero-order valence-electron chi connectivity index (χ0n) is 11.5. The molecule has 1 amide bonds. The minimum atomic E-state index is -0.425. The van der Waals surface area contributed by atoms with Gasteiger partial charge in [-0.25, -0.2) is 9.97 Å². The number of hydrogen-bond donors (Lipinski definition) is 2. The molecule has 1 unspecified atom stereocenters. The number of imidazole rings is 1. The zero-order chi connectivity index (χ0) is 14.0. The van der Waals surface area contributed by atoms with E-state index < -0.39 is 6.04 Å². The standard InChI is InChI=1S/C13H19N5O/c1-4-6-16-12(19)9(3)18-11-10(17-13(18)14)8(2)5-7-15-11/h5,7,9H,4,6H2,1-3H3,(H2,14,17)(H,16,19). The molecule has 3 N–H and O–H groups in total. The van der Waals surface area contributed by atoms with E-state index in [0.29, 0.717) is 18.1 Å². The Morgan fingerprint density at radius 1 is 1.58 bits per heavy atom. The highest BCUT2D eigenvalue weighted by atomic mass is 16.2. The van der Waals surface area contributed by atoms with Crippen molar-refractivity contribution in [2.75, 3.05) is 12.3 Å². The third kappa shape index (κ3) is 2.38. The normalized spacial score (nSPS) is 12.6. The first kappa shape index (κ1) is 13.3. The molecule has 2 rings (SSSR count). The number of anilines is 1. The number of amides is 1. The van der Waals surface area contributed by atoms with Crippen LogP contribution < -0.4 is 11.1 Å². The number of carbonyl (C=O) groups is 1. The van der Waals surface area contributed by atoms with Crippen LogP contribution in [-0.4, -0.2) is 27.0 Å². The largest absolute Gasteiger partial charge is 0.369 e. The molecule has 0 saturated heterocycles. The highest BCUT2D eigenvalue weighted by molar-refractivity contribution is 5.84. The van der Waals surface area contributed by atoms with E-state index in [0.717, 1.165) is 17.5 Å². The summed E-state index contributed by atoms with van der Waals surface area (Å²) in [5, 5.41) is 2.86. The lowest BCUT2D eigenvalue weighted by atomic mass is 10.2. The molecule has 2 aromatic rings. The number of hydrogen-bond acceptors (Lipinski definition) is 4. The van der Waals surface area contributed by atoms with Gasteiger partial charge in [0.25, 0.3) is 0 Å². The lowest BCUT2D eigenvalue weighted by molar-refractivity contribution is -0.123. The SMILES string of the molecule is CCCNC(=O)C(C)n1c(N)nc2c(C)ccnc21. The number of nitrogen functional groups attached to an aromatic ring is 1. The Kier molecular flexibility index (Phi) is 3.69. The van der Waals surface area contributed by atoms with Gasteiger partial charge in [-0.05, 0) is 31.9 Å². The molecular weight excluding hydrogens is 242 g/mol. The predicted octanol–water partition coefficient (Wildman–Crippen LogP) is 1.41. The van der Waals surface area contributed by atoms with Crippen LogP contribution in [0.5, 0.6) is 0 Å². The molecule has 6 heteroatoms. The fraction of sp³-hybridized carbons (Fsp3) is 0.462. The summed E-state index contributed by atoms with van der Waals surface area (Å²) in [6.45, 7) is 6.41. The second-order valence-electron chi connectivity index (χ2n) is 4.61. The van der Waals surface area contributed by atoms with Crippen molar-refractivity contribution in [2.24, 2.45) is 0 Å². The quantitative estimate of drug-likeness (QED) is 0.871. The van der Waals surface area contributed by atoms with E-state index in [1.165, 1.54) is 0 Å². The van der Waals surface area contributed by atoms with E-state index in [-0.39, 0.29) is 5.91 Å². The van der Waals surface area contributed by atoms with Crippen LogP contribution in [0.2, 0.25) is 0 Å². The molecule has 2 heterocycles. The molecule has 0 radical (unpaired) electrons. The van der Waals surface area contributed by atoms with Crippen molar-refractivity contribution in [3.63, 3.8) is 0 Å². The fourth-order valence-corrected chi connectivity index (χ4v) is 2.02. The van der Waals surface area contributed by atoms with Gasteiger partial charge in [-0.2, -0.15) is 0 Å². The minimum absolute atomic E-state index is 0.0730. The third-order valence-corrected chi connectivity index (χ3v) is 3.12. The first-order valence-corrected chi connectivity index (χ1v) is 6.43. The van der Waals surface area contributed by atoms with Crippen molar-refractivity contribution in [3.05, 3.63) is 17.8 Å². The van der Waals surface area contributed by atoms with E-state index in [1.54, 1.807) is 17.7 Å². The number of nitrogens with two attached hydrogens (primary N) is 1. The molecular formula is C13H19N5O. The second kappa shape index (κ2) is 5.26. The summed E-state index contributed by atoms with van der Waals surface area (Å²) in [4.78, 5) is 20.6. The Morgan fingerprint density at radius 2 is 2.32 bits per heavy atom. The van der Waals surface area contributed by atoms with E-state index in [1.807, 2.05) is 19.9 Å². The Hall–Kier alpha value is -2.11. The molecule has 0 aromatic carbocycles. The first-order chi connectivity index (χ1) is 9.06. The van der Waals surface area contributed by atoms with Gasteiger partial charge >= 0.3 is 0 Å². The monoisotopic (exact) mass is 261 g/mol. The number of aryl methyl sites for hydroxylation is 1. The molecule has 1 atom stereocenters. The molecule has 0 spiro atoms. The summed E-state index contributed by atoms with van der Waals surface area (Å²) in [6.07, 6.45) is 2.60. The first-order valence-electron chi connectivity index (χ1n) is 6.43. The van der Waals surface area contributed by atoms with Crippen LogP contribution in [0.3, 0.4) is 0 Å². The summed E-state index contributed by atoms with van der Waals surface area (Å²) in [7, 11) is 0. The van der Waals surface area contributed by atoms with Gasteiger partial charge in [0, 0.05) is 12.7 Å².